The van der Waals surface area contributed by atoms with E-state index in [-0.39, 0.29) is 5.91 Å². The molecule has 1 saturated carbocycles. The molecule has 0 spiro atoms. The van der Waals surface area contributed by atoms with Crippen molar-refractivity contribution in [3.05, 3.63) is 29.8 Å². The molecule has 4 rings (SSSR count). The summed E-state index contributed by atoms with van der Waals surface area (Å²) in [5.41, 5.74) is 7.06. The number of likely N-dealkylation sites (tertiary alicyclic amines) is 2. The normalized spacial score (nSPS) is 27.7. The van der Waals surface area contributed by atoms with E-state index in [9.17, 15) is 9.59 Å². The van der Waals surface area contributed by atoms with Gasteiger partial charge in [-0.2, -0.15) is 0 Å². The van der Waals surface area contributed by atoms with Crippen LogP contribution >= 0.6 is 0 Å². The van der Waals surface area contributed by atoms with Crippen molar-refractivity contribution in [2.75, 3.05) is 18.8 Å². The van der Waals surface area contributed by atoms with Crippen LogP contribution in [0.1, 0.15) is 42.5 Å². The average molecular weight is 313 g/mol. The molecule has 2 amide bonds. The number of nitrogen functional groups attached to an aromatic ring is 1. The lowest BCUT2D eigenvalue weighted by Gasteiger charge is -2.47. The Labute approximate surface area is 136 Å². The Bertz CT molecular complexity index is 624. The molecule has 0 radical (unpaired) electrons. The first-order valence-corrected chi connectivity index (χ1v) is 8.59. The predicted octanol–water partition coefficient (Wildman–Crippen LogP) is 1.88. The van der Waals surface area contributed by atoms with Crippen LogP contribution in [-0.4, -0.2) is 46.8 Å². The van der Waals surface area contributed by atoms with Crippen LogP contribution < -0.4 is 5.73 Å². The molecule has 1 aliphatic carbocycles. The lowest BCUT2D eigenvalue weighted by Crippen LogP contribution is -2.57. The zero-order valence-electron chi connectivity index (χ0n) is 13.3. The fourth-order valence-electron chi connectivity index (χ4n) is 4.11. The predicted molar refractivity (Wildman–Crippen MR) is 87.8 cm³/mol. The Morgan fingerprint density at radius 1 is 1.09 bits per heavy atom. The Hall–Kier alpha value is -2.04. The number of anilines is 1. The maximum atomic E-state index is 12.7. The van der Waals surface area contributed by atoms with Gasteiger partial charge in [0.15, 0.2) is 0 Å². The number of nitrogens with two attached hydrogens (primary N) is 1. The van der Waals surface area contributed by atoms with E-state index in [1.54, 1.807) is 24.3 Å². The van der Waals surface area contributed by atoms with Gasteiger partial charge in [0.25, 0.3) is 5.91 Å². The number of nitrogens with zero attached hydrogens (tertiary/aromatic N) is 2. The summed E-state index contributed by atoms with van der Waals surface area (Å²) in [7, 11) is 0. The van der Waals surface area contributed by atoms with Crippen LogP contribution in [0.15, 0.2) is 24.3 Å². The van der Waals surface area contributed by atoms with Crippen LogP contribution in [0, 0.1) is 5.92 Å². The quantitative estimate of drug-likeness (QED) is 0.848. The zero-order valence-corrected chi connectivity index (χ0v) is 13.3. The molecule has 0 bridgehead atoms. The number of carbonyl (C=O) groups excluding carboxylic acids is 2. The Morgan fingerprint density at radius 3 is 2.52 bits per heavy atom. The molecule has 0 unspecified atom stereocenters. The molecule has 2 atom stereocenters. The van der Waals surface area contributed by atoms with Gasteiger partial charge in [0.1, 0.15) is 0 Å². The second kappa shape index (κ2) is 5.55. The van der Waals surface area contributed by atoms with Crippen molar-refractivity contribution >= 4 is 17.5 Å². The minimum atomic E-state index is 0.0818. The van der Waals surface area contributed by atoms with Gasteiger partial charge in [0.2, 0.25) is 5.91 Å². The number of carbonyl (C=O) groups is 2. The minimum Gasteiger partial charge on any atom is -0.399 e. The van der Waals surface area contributed by atoms with E-state index in [4.69, 9.17) is 5.73 Å². The lowest BCUT2D eigenvalue weighted by molar-refractivity contribution is -0.141. The van der Waals surface area contributed by atoms with Gasteiger partial charge in [-0.3, -0.25) is 9.59 Å². The SMILES string of the molecule is Nc1ccc(C(=O)N2CC[C@H]3[C@@H](CCC(=O)N3C3CC3)C2)cc1. The van der Waals surface area contributed by atoms with E-state index < -0.39 is 0 Å². The molecular formula is C18H23N3O2. The van der Waals surface area contributed by atoms with E-state index in [0.717, 1.165) is 38.8 Å². The number of benzene rings is 1. The van der Waals surface area contributed by atoms with Crippen molar-refractivity contribution in [3.8, 4) is 0 Å². The highest BCUT2D eigenvalue weighted by Gasteiger charge is 2.45. The highest BCUT2D eigenvalue weighted by atomic mass is 16.2. The van der Waals surface area contributed by atoms with Crippen molar-refractivity contribution in [1.82, 2.24) is 9.80 Å². The van der Waals surface area contributed by atoms with Gasteiger partial charge in [0, 0.05) is 42.8 Å². The molecule has 3 fully saturated rings. The van der Waals surface area contributed by atoms with Crippen molar-refractivity contribution < 1.29 is 9.59 Å². The molecule has 2 heterocycles. The number of hydrogen-bond acceptors (Lipinski definition) is 3. The largest absolute Gasteiger partial charge is 0.399 e. The summed E-state index contributed by atoms with van der Waals surface area (Å²) >= 11 is 0. The van der Waals surface area contributed by atoms with Crippen LogP contribution in [0.4, 0.5) is 5.69 Å². The molecule has 2 aliphatic heterocycles. The first-order valence-electron chi connectivity index (χ1n) is 8.59. The lowest BCUT2D eigenvalue weighted by atomic mass is 9.83. The summed E-state index contributed by atoms with van der Waals surface area (Å²) in [4.78, 5) is 29.0. The highest BCUT2D eigenvalue weighted by molar-refractivity contribution is 5.94. The molecule has 1 aromatic rings. The molecule has 5 heteroatoms. The first kappa shape index (κ1) is 14.5. The molecule has 2 N–H and O–H groups in total. The first-order chi connectivity index (χ1) is 11.1. The van der Waals surface area contributed by atoms with Crippen molar-refractivity contribution in [1.29, 1.82) is 0 Å². The number of hydrogen-bond donors (Lipinski definition) is 1. The Morgan fingerprint density at radius 2 is 1.83 bits per heavy atom. The molecule has 5 nitrogen and oxygen atoms in total. The third kappa shape index (κ3) is 2.69. The summed E-state index contributed by atoms with van der Waals surface area (Å²) in [5.74, 6) is 0.838. The fraction of sp³-hybridized carbons (Fsp3) is 0.556. The van der Waals surface area contributed by atoms with Gasteiger partial charge in [-0.05, 0) is 55.9 Å². The Kier molecular flexibility index (Phi) is 3.51. The monoisotopic (exact) mass is 313 g/mol. The van der Waals surface area contributed by atoms with Crippen LogP contribution in [-0.2, 0) is 4.79 Å². The third-order valence-electron chi connectivity index (χ3n) is 5.45. The zero-order chi connectivity index (χ0) is 16.0. The van der Waals surface area contributed by atoms with E-state index in [2.05, 4.69) is 4.90 Å². The van der Waals surface area contributed by atoms with Crippen LogP contribution in [0.2, 0.25) is 0 Å². The van der Waals surface area contributed by atoms with E-state index in [1.165, 1.54) is 0 Å². The standard InChI is InChI=1S/C18H23N3O2/c19-14-4-1-12(2-5-14)18(23)20-10-9-16-13(11-20)3-8-17(22)21(16)15-6-7-15/h1-2,4-5,13,15-16H,3,6-11,19H2/t13-,16-/m0/s1. The second-order valence-corrected chi connectivity index (χ2v) is 7.06. The maximum Gasteiger partial charge on any atom is 0.253 e. The van der Waals surface area contributed by atoms with E-state index in [0.29, 0.717) is 41.6 Å². The summed E-state index contributed by atoms with van der Waals surface area (Å²) in [5, 5.41) is 0. The summed E-state index contributed by atoms with van der Waals surface area (Å²) < 4.78 is 0. The number of piperidine rings is 2. The smallest absolute Gasteiger partial charge is 0.253 e. The molecule has 0 aromatic heterocycles. The fourth-order valence-corrected chi connectivity index (χ4v) is 4.11. The topological polar surface area (TPSA) is 66.6 Å². The second-order valence-electron chi connectivity index (χ2n) is 7.06. The Balaban J connectivity index is 1.47. The maximum absolute atomic E-state index is 12.7. The molecule has 23 heavy (non-hydrogen) atoms. The molecule has 2 saturated heterocycles. The number of amides is 2. The van der Waals surface area contributed by atoms with Crippen LogP contribution in [0.5, 0.6) is 0 Å². The van der Waals surface area contributed by atoms with Crippen molar-refractivity contribution in [2.45, 2.75) is 44.2 Å². The highest BCUT2D eigenvalue weighted by Crippen LogP contribution is 2.39. The molecule has 1 aromatic carbocycles. The average Bonchev–Trinajstić information content (AvgIpc) is 3.39. The van der Waals surface area contributed by atoms with Gasteiger partial charge in [0.05, 0.1) is 0 Å². The molecule has 122 valence electrons. The van der Waals surface area contributed by atoms with Gasteiger partial charge >= 0.3 is 0 Å². The number of rotatable bonds is 2. The summed E-state index contributed by atoms with van der Waals surface area (Å²) in [6, 6.07) is 7.96. The van der Waals surface area contributed by atoms with Gasteiger partial charge in [-0.15, -0.1) is 0 Å². The molecular weight excluding hydrogens is 290 g/mol. The van der Waals surface area contributed by atoms with Gasteiger partial charge < -0.3 is 15.5 Å². The van der Waals surface area contributed by atoms with Crippen LogP contribution in [0.25, 0.3) is 0 Å². The van der Waals surface area contributed by atoms with Crippen LogP contribution in [0.3, 0.4) is 0 Å². The van der Waals surface area contributed by atoms with Crippen molar-refractivity contribution in [2.24, 2.45) is 5.92 Å². The third-order valence-corrected chi connectivity index (χ3v) is 5.45. The summed E-state index contributed by atoms with van der Waals surface area (Å²) in [6.45, 7) is 1.51. The van der Waals surface area contributed by atoms with E-state index >= 15 is 0 Å². The minimum absolute atomic E-state index is 0.0818. The van der Waals surface area contributed by atoms with Crippen molar-refractivity contribution in [3.63, 3.8) is 0 Å². The van der Waals surface area contributed by atoms with Gasteiger partial charge in [-0.1, -0.05) is 0 Å². The van der Waals surface area contributed by atoms with E-state index in [1.807, 2.05) is 4.90 Å². The molecule has 3 aliphatic rings. The summed E-state index contributed by atoms with van der Waals surface area (Å²) in [6.07, 6.45) is 4.78. The number of fused-ring (bicyclic) bond motifs is 1. The van der Waals surface area contributed by atoms with Gasteiger partial charge in [-0.25, -0.2) is 0 Å².